The average Bonchev–Trinajstić information content (AvgIpc) is 3.57. The Morgan fingerprint density at radius 2 is 1.61 bits per heavy atom. The Bertz CT molecular complexity index is 1240. The molecule has 0 heterocycles. The second-order valence-electron chi connectivity index (χ2n) is 9.99. The fourth-order valence-corrected chi connectivity index (χ4v) is 4.54. The molecular formula is C35H36Cl2Zr-2. The maximum Gasteiger partial charge on any atom is -1.00 e. The molecule has 0 nitrogen and oxygen atoms in total. The predicted octanol–water partition coefficient (Wildman–Crippen LogP) is 3.24. The van der Waals surface area contributed by atoms with Gasteiger partial charge in [-0.3, -0.25) is 6.08 Å². The van der Waals surface area contributed by atoms with Crippen LogP contribution in [0, 0.1) is 17.6 Å². The standard InChI is InChI=1S/C17H13.C9H13.C9H10.2ClH.Zr/c1-3-12-5-7-14-11-15-8-6-13(4-2)10-17(15)16(14)9-12;1-9(2,3)8-6-4-5-7-8;1-2-6-9-7-4-3-5-8-9;;;/h3-7,9-10H,1-2,11H2;6-7H,4H2,1-3H3;3-5,7-8H,2H2,1H3;2*1H;/q2*-1;;;;+2/p-2. The van der Waals surface area contributed by atoms with Crippen molar-refractivity contribution in [3.63, 3.8) is 0 Å². The van der Waals surface area contributed by atoms with Gasteiger partial charge in [0.15, 0.2) is 0 Å². The van der Waals surface area contributed by atoms with Crippen LogP contribution in [0.25, 0.3) is 23.3 Å². The minimum Gasteiger partial charge on any atom is -1.00 e. The second-order valence-corrected chi connectivity index (χ2v) is 11.5. The zero-order valence-electron chi connectivity index (χ0n) is 22.9. The van der Waals surface area contributed by atoms with E-state index >= 15 is 0 Å². The molecule has 0 fully saturated rings. The molecule has 0 aliphatic heterocycles. The van der Waals surface area contributed by atoms with Crippen molar-refractivity contribution < 1.29 is 49.0 Å². The zero-order valence-corrected chi connectivity index (χ0v) is 26.8. The Hall–Kier alpha value is -2.05. The molecule has 0 N–H and O–H groups in total. The molecule has 0 aromatic heterocycles. The normalized spacial score (nSPS) is 12.1. The topological polar surface area (TPSA) is 0 Å². The molecule has 0 atom stereocenters. The molecule has 3 heteroatoms. The molecule has 0 bridgehead atoms. The van der Waals surface area contributed by atoms with Crippen molar-refractivity contribution in [3.05, 3.63) is 132 Å². The fraction of sp³-hybridized carbons (Fsp3) is 0.229. The Labute approximate surface area is 257 Å². The van der Waals surface area contributed by atoms with Gasteiger partial charge in [-0.25, -0.2) is 6.08 Å². The van der Waals surface area contributed by atoms with Gasteiger partial charge in [-0.15, -0.1) is 30.2 Å². The summed E-state index contributed by atoms with van der Waals surface area (Å²) in [4.78, 5) is 0. The van der Waals surface area contributed by atoms with Gasteiger partial charge in [0.25, 0.3) is 0 Å². The van der Waals surface area contributed by atoms with Crippen molar-refractivity contribution in [2.24, 2.45) is 5.41 Å². The summed E-state index contributed by atoms with van der Waals surface area (Å²) in [5.41, 5.74) is 10.7. The van der Waals surface area contributed by atoms with Gasteiger partial charge in [0, 0.05) is 0 Å². The van der Waals surface area contributed by atoms with Crippen LogP contribution in [0.4, 0.5) is 0 Å². The summed E-state index contributed by atoms with van der Waals surface area (Å²) in [6, 6.07) is 24.7. The molecule has 38 heavy (non-hydrogen) atoms. The number of fused-ring (bicyclic) bond motifs is 3. The van der Waals surface area contributed by atoms with E-state index in [0.29, 0.717) is 5.41 Å². The van der Waals surface area contributed by atoms with Crippen molar-refractivity contribution >= 4 is 15.4 Å². The molecular weight excluding hydrogens is 583 g/mol. The maximum atomic E-state index is 3.82. The summed E-state index contributed by atoms with van der Waals surface area (Å²) in [7, 11) is 0. The van der Waals surface area contributed by atoms with Gasteiger partial charge in [0.05, 0.1) is 0 Å². The number of hydrogen-bond acceptors (Lipinski definition) is 0. The number of rotatable bonds is 4. The fourth-order valence-electron chi connectivity index (χ4n) is 4.13. The van der Waals surface area contributed by atoms with Crippen LogP contribution in [-0.4, -0.2) is 3.21 Å². The number of hydrogen-bond donors (Lipinski definition) is 0. The molecule has 0 unspecified atom stereocenters. The van der Waals surface area contributed by atoms with Gasteiger partial charge in [-0.2, -0.15) is 35.4 Å². The van der Waals surface area contributed by atoms with E-state index < -0.39 is 0 Å². The monoisotopic (exact) mass is 616 g/mol. The van der Waals surface area contributed by atoms with Gasteiger partial charge in [-0.05, 0) is 12.0 Å². The number of allylic oxidation sites excluding steroid dienone is 4. The first kappa shape index (κ1) is 34.0. The summed E-state index contributed by atoms with van der Waals surface area (Å²) < 4.78 is 1.55. The number of benzene rings is 3. The third-order valence-corrected chi connectivity index (χ3v) is 7.93. The summed E-state index contributed by atoms with van der Waals surface area (Å²) in [6.07, 6.45) is 14.4. The quantitative estimate of drug-likeness (QED) is 0.309. The van der Waals surface area contributed by atoms with Crippen LogP contribution in [0.15, 0.2) is 91.5 Å². The van der Waals surface area contributed by atoms with E-state index in [2.05, 4.69) is 120 Å². The Morgan fingerprint density at radius 1 is 0.947 bits per heavy atom. The molecule has 196 valence electrons. The summed E-state index contributed by atoms with van der Waals surface area (Å²) in [5.74, 6) is 0. The van der Waals surface area contributed by atoms with E-state index in [1.165, 1.54) is 69.6 Å². The first-order valence-corrected chi connectivity index (χ1v) is 13.8. The smallest absolute Gasteiger partial charge is 1.00 e. The van der Waals surface area contributed by atoms with E-state index in [0.717, 1.165) is 18.4 Å². The molecule has 0 radical (unpaired) electrons. The van der Waals surface area contributed by atoms with Crippen LogP contribution >= 0.6 is 0 Å². The maximum absolute atomic E-state index is 3.82. The zero-order chi connectivity index (χ0) is 26.1. The molecule has 3 aromatic carbocycles. The SMILES string of the molecule is C=Cc1c[c-]c2c(c1)-c1cc(C=C)ccc1C2.CC(C)(C)C1=CC[C-]=C1.CC[C](=[Zr+2])c1ccccc1.[Cl-].[Cl-]. The van der Waals surface area contributed by atoms with Crippen LogP contribution in [0.3, 0.4) is 0 Å². The van der Waals surface area contributed by atoms with Crippen LogP contribution in [0.5, 0.6) is 0 Å². The number of halogens is 2. The Balaban J connectivity index is 0.000000299. The first-order chi connectivity index (χ1) is 17.3. The summed E-state index contributed by atoms with van der Waals surface area (Å²) in [5, 5.41) is 0. The van der Waals surface area contributed by atoms with Crippen molar-refractivity contribution in [2.45, 2.75) is 47.0 Å². The van der Waals surface area contributed by atoms with E-state index in [1.54, 1.807) is 3.21 Å². The van der Waals surface area contributed by atoms with Gasteiger partial charge >= 0.3 is 76.7 Å². The second kappa shape index (κ2) is 16.1. The van der Waals surface area contributed by atoms with Gasteiger partial charge < -0.3 is 24.8 Å². The Kier molecular flexibility index (Phi) is 14.4. The van der Waals surface area contributed by atoms with Gasteiger partial charge in [0.1, 0.15) is 0 Å². The summed E-state index contributed by atoms with van der Waals surface area (Å²) >= 11 is 1.54. The molecule has 5 rings (SSSR count). The van der Waals surface area contributed by atoms with Crippen molar-refractivity contribution in [1.82, 2.24) is 0 Å². The molecule has 0 amide bonds. The first-order valence-electron chi connectivity index (χ1n) is 12.6. The third-order valence-electron chi connectivity index (χ3n) is 6.35. The van der Waals surface area contributed by atoms with Crippen LogP contribution < -0.4 is 24.8 Å². The molecule has 0 spiro atoms. The van der Waals surface area contributed by atoms with Crippen LogP contribution in [-0.2, 0) is 30.7 Å². The van der Waals surface area contributed by atoms with Crippen molar-refractivity contribution in [3.8, 4) is 11.1 Å². The molecule has 2 aliphatic carbocycles. The minimum atomic E-state index is 0. The van der Waals surface area contributed by atoms with E-state index in [-0.39, 0.29) is 24.8 Å². The summed E-state index contributed by atoms with van der Waals surface area (Å²) in [6.45, 7) is 16.5. The van der Waals surface area contributed by atoms with Crippen LogP contribution in [0.1, 0.15) is 68.4 Å². The van der Waals surface area contributed by atoms with Gasteiger partial charge in [-0.1, -0.05) is 68.2 Å². The van der Waals surface area contributed by atoms with Crippen LogP contribution in [0.2, 0.25) is 0 Å². The molecule has 3 aromatic rings. The predicted molar refractivity (Wildman–Crippen MR) is 155 cm³/mol. The van der Waals surface area contributed by atoms with Crippen molar-refractivity contribution in [2.75, 3.05) is 0 Å². The average molecular weight is 619 g/mol. The van der Waals surface area contributed by atoms with Crippen molar-refractivity contribution in [1.29, 1.82) is 0 Å². The molecule has 0 saturated heterocycles. The third kappa shape index (κ3) is 9.30. The Morgan fingerprint density at radius 3 is 2.13 bits per heavy atom. The van der Waals surface area contributed by atoms with E-state index in [9.17, 15) is 0 Å². The van der Waals surface area contributed by atoms with E-state index in [1.807, 2.05) is 18.2 Å². The van der Waals surface area contributed by atoms with Gasteiger partial charge in [0.2, 0.25) is 0 Å². The van der Waals surface area contributed by atoms with E-state index in [4.69, 9.17) is 0 Å². The minimum absolute atomic E-state index is 0. The molecule has 0 saturated carbocycles. The largest absolute Gasteiger partial charge is 1.00 e. The molecule has 2 aliphatic rings.